The maximum Gasteiger partial charge on any atom is 0.192 e. The van der Waals surface area contributed by atoms with Crippen LogP contribution in [0.1, 0.15) is 11.1 Å². The van der Waals surface area contributed by atoms with Gasteiger partial charge >= 0.3 is 0 Å². The normalized spacial score (nSPS) is 11.6. The highest BCUT2D eigenvalue weighted by molar-refractivity contribution is 7.95. The Labute approximate surface area is 141 Å². The van der Waals surface area contributed by atoms with Crippen molar-refractivity contribution in [2.24, 2.45) is 0 Å². The number of para-hydroxylation sites is 1. The first kappa shape index (κ1) is 17.6. The first-order valence-corrected chi connectivity index (χ1v) is 8.76. The fourth-order valence-corrected chi connectivity index (χ4v) is 3.37. The molecule has 0 aliphatic carbocycles. The molecule has 0 bridgehead atoms. The van der Waals surface area contributed by atoms with Gasteiger partial charge in [-0.25, -0.2) is 8.42 Å². The molecule has 0 unspecified atom stereocenters. The Morgan fingerprint density at radius 1 is 1.08 bits per heavy atom. The van der Waals surface area contributed by atoms with E-state index in [1.165, 1.54) is 20.3 Å². The van der Waals surface area contributed by atoms with Crippen molar-refractivity contribution in [3.63, 3.8) is 0 Å². The predicted octanol–water partition coefficient (Wildman–Crippen LogP) is 3.18. The van der Waals surface area contributed by atoms with Gasteiger partial charge in [-0.1, -0.05) is 30.3 Å². The molecule has 5 nitrogen and oxygen atoms in total. The van der Waals surface area contributed by atoms with Gasteiger partial charge in [0.15, 0.2) is 9.84 Å². The van der Waals surface area contributed by atoms with Gasteiger partial charge in [0, 0.05) is 5.56 Å². The largest absolute Gasteiger partial charge is 0.497 e. The number of hydrogen-bond donors (Lipinski definition) is 0. The summed E-state index contributed by atoms with van der Waals surface area (Å²) in [6.07, 6.45) is 1.33. The van der Waals surface area contributed by atoms with Crippen LogP contribution < -0.4 is 9.47 Å². The summed E-state index contributed by atoms with van der Waals surface area (Å²) in [5.74, 6) is 0.886. The van der Waals surface area contributed by atoms with E-state index < -0.39 is 9.84 Å². The Morgan fingerprint density at radius 3 is 2.33 bits per heavy atom. The molecule has 2 aromatic carbocycles. The molecule has 0 N–H and O–H groups in total. The number of sulfone groups is 1. The lowest BCUT2D eigenvalue weighted by molar-refractivity contribution is 0.414. The van der Waals surface area contributed by atoms with E-state index in [4.69, 9.17) is 9.47 Å². The van der Waals surface area contributed by atoms with Crippen LogP contribution in [0.15, 0.2) is 53.4 Å². The van der Waals surface area contributed by atoms with Crippen LogP contribution in [0.2, 0.25) is 0 Å². The molecule has 2 aromatic rings. The van der Waals surface area contributed by atoms with Gasteiger partial charge in [0.1, 0.15) is 22.5 Å². The molecule has 6 heteroatoms. The van der Waals surface area contributed by atoms with Crippen LogP contribution in [-0.2, 0) is 15.6 Å². The Bertz CT molecular complexity index is 878. The number of ether oxygens (including phenoxy) is 2. The third-order valence-corrected chi connectivity index (χ3v) is 4.98. The maximum absolute atomic E-state index is 12.5. The van der Waals surface area contributed by atoms with Gasteiger partial charge in [-0.15, -0.1) is 0 Å². The van der Waals surface area contributed by atoms with Gasteiger partial charge in [-0.3, -0.25) is 0 Å². The van der Waals surface area contributed by atoms with E-state index in [0.29, 0.717) is 22.6 Å². The van der Waals surface area contributed by atoms with Crippen LogP contribution in [0.3, 0.4) is 0 Å². The van der Waals surface area contributed by atoms with Crippen LogP contribution in [0.4, 0.5) is 0 Å². The average molecular weight is 343 g/mol. The lowest BCUT2D eigenvalue weighted by Gasteiger charge is -2.07. The smallest absolute Gasteiger partial charge is 0.192 e. The predicted molar refractivity (Wildman–Crippen MR) is 92.2 cm³/mol. The SMILES string of the molecule is COc1ccc(CS(=O)(=O)/C(C#N)=C/c2ccccc2OC)cc1. The van der Waals surface area contributed by atoms with Crippen molar-refractivity contribution in [3.05, 3.63) is 64.6 Å². The van der Waals surface area contributed by atoms with E-state index in [1.807, 2.05) is 0 Å². The van der Waals surface area contributed by atoms with Crippen molar-refractivity contribution < 1.29 is 17.9 Å². The summed E-state index contributed by atoms with van der Waals surface area (Å²) in [6.45, 7) is 0. The standard InChI is InChI=1S/C18H17NO4S/c1-22-16-9-7-14(8-10-16)13-24(20,21)17(12-19)11-15-5-3-4-6-18(15)23-2/h3-11H,13H2,1-2H3/b17-11+. The van der Waals surface area contributed by atoms with Crippen LogP contribution in [-0.4, -0.2) is 22.6 Å². The van der Waals surface area contributed by atoms with E-state index in [1.54, 1.807) is 54.6 Å². The fourth-order valence-electron chi connectivity index (χ4n) is 2.14. The second-order valence-electron chi connectivity index (χ2n) is 4.97. The van der Waals surface area contributed by atoms with Crippen molar-refractivity contribution in [1.29, 1.82) is 5.26 Å². The van der Waals surface area contributed by atoms with E-state index in [-0.39, 0.29) is 10.7 Å². The number of nitrogens with zero attached hydrogens (tertiary/aromatic N) is 1. The Hall–Kier alpha value is -2.78. The second-order valence-corrected chi connectivity index (χ2v) is 6.93. The molecule has 0 saturated heterocycles. The summed E-state index contributed by atoms with van der Waals surface area (Å²) in [7, 11) is -0.737. The number of rotatable bonds is 6. The number of hydrogen-bond acceptors (Lipinski definition) is 5. The van der Waals surface area contributed by atoms with E-state index in [2.05, 4.69) is 0 Å². The highest BCUT2D eigenvalue weighted by atomic mass is 32.2. The molecule has 0 saturated carbocycles. The molecule has 0 radical (unpaired) electrons. The van der Waals surface area contributed by atoms with Crippen LogP contribution in [0.25, 0.3) is 6.08 Å². The van der Waals surface area contributed by atoms with Crippen LogP contribution in [0, 0.1) is 11.3 Å². The molecule has 0 aliphatic rings. The van der Waals surface area contributed by atoms with Crippen molar-refractivity contribution in [2.45, 2.75) is 5.75 Å². The van der Waals surface area contributed by atoms with E-state index >= 15 is 0 Å². The zero-order valence-corrected chi connectivity index (χ0v) is 14.2. The van der Waals surface area contributed by atoms with Crippen LogP contribution in [0.5, 0.6) is 11.5 Å². The highest BCUT2D eigenvalue weighted by Gasteiger charge is 2.19. The molecular weight excluding hydrogens is 326 g/mol. The molecule has 0 spiro atoms. The van der Waals surface area contributed by atoms with Gasteiger partial charge in [0.05, 0.1) is 20.0 Å². The molecule has 0 fully saturated rings. The minimum atomic E-state index is -3.76. The van der Waals surface area contributed by atoms with Crippen LogP contribution >= 0.6 is 0 Å². The minimum absolute atomic E-state index is 0.258. The van der Waals surface area contributed by atoms with Crippen molar-refractivity contribution >= 4 is 15.9 Å². The van der Waals surface area contributed by atoms with Crippen molar-refractivity contribution in [2.75, 3.05) is 14.2 Å². The molecule has 0 aromatic heterocycles. The van der Waals surface area contributed by atoms with Crippen molar-refractivity contribution in [3.8, 4) is 17.6 Å². The highest BCUT2D eigenvalue weighted by Crippen LogP contribution is 2.24. The lowest BCUT2D eigenvalue weighted by Crippen LogP contribution is -2.06. The zero-order chi connectivity index (χ0) is 17.6. The van der Waals surface area contributed by atoms with Gasteiger partial charge in [0.2, 0.25) is 0 Å². The van der Waals surface area contributed by atoms with E-state index in [0.717, 1.165) is 0 Å². The van der Waals surface area contributed by atoms with E-state index in [9.17, 15) is 13.7 Å². The summed E-state index contributed by atoms with van der Waals surface area (Å²) in [6, 6.07) is 15.4. The number of allylic oxidation sites excluding steroid dienone is 1. The Kier molecular flexibility index (Phi) is 5.61. The molecular formula is C18H17NO4S. The first-order chi connectivity index (χ1) is 11.5. The third-order valence-electron chi connectivity index (χ3n) is 3.39. The van der Waals surface area contributed by atoms with Gasteiger partial charge in [-0.2, -0.15) is 5.26 Å². The summed E-state index contributed by atoms with van der Waals surface area (Å²) >= 11 is 0. The number of benzene rings is 2. The van der Waals surface area contributed by atoms with Gasteiger partial charge < -0.3 is 9.47 Å². The Balaban J connectivity index is 2.34. The number of methoxy groups -OCH3 is 2. The first-order valence-electron chi connectivity index (χ1n) is 7.10. The van der Waals surface area contributed by atoms with Gasteiger partial charge in [0.25, 0.3) is 0 Å². The quantitative estimate of drug-likeness (QED) is 0.753. The molecule has 0 atom stereocenters. The minimum Gasteiger partial charge on any atom is -0.497 e. The topological polar surface area (TPSA) is 76.4 Å². The third kappa shape index (κ3) is 4.15. The molecule has 24 heavy (non-hydrogen) atoms. The summed E-state index contributed by atoms with van der Waals surface area (Å²) in [5.41, 5.74) is 1.12. The Morgan fingerprint density at radius 2 is 1.75 bits per heavy atom. The van der Waals surface area contributed by atoms with Gasteiger partial charge in [-0.05, 0) is 29.8 Å². The fraction of sp³-hybridized carbons (Fsp3) is 0.167. The summed E-state index contributed by atoms with van der Waals surface area (Å²) < 4.78 is 35.3. The second kappa shape index (κ2) is 7.66. The molecule has 124 valence electrons. The average Bonchev–Trinajstić information content (AvgIpc) is 2.60. The van der Waals surface area contributed by atoms with Crippen molar-refractivity contribution in [1.82, 2.24) is 0 Å². The number of nitriles is 1. The molecule has 0 heterocycles. The molecule has 2 rings (SSSR count). The molecule has 0 aliphatic heterocycles. The zero-order valence-electron chi connectivity index (χ0n) is 13.4. The monoisotopic (exact) mass is 343 g/mol. The summed E-state index contributed by atoms with van der Waals surface area (Å²) in [5, 5.41) is 9.29. The molecule has 0 amide bonds. The maximum atomic E-state index is 12.5. The summed E-state index contributed by atoms with van der Waals surface area (Å²) in [4.78, 5) is -0.303. The lowest BCUT2D eigenvalue weighted by atomic mass is 10.2.